The number of carbonyl (C=O) groups is 1. The molecule has 1 N–H and O–H groups in total. The largest absolute Gasteiger partial charge is 0.493 e. The van der Waals surface area contributed by atoms with Gasteiger partial charge in [-0.05, 0) is 30.7 Å². The average Bonchev–Trinajstić information content (AvgIpc) is 3.08. The maximum atomic E-state index is 12.1. The monoisotopic (exact) mass is 388 g/mol. The predicted molar refractivity (Wildman–Crippen MR) is 108 cm³/mol. The van der Waals surface area contributed by atoms with Gasteiger partial charge < -0.3 is 14.8 Å². The number of hydrogen-bond donors (Lipinski definition) is 1. The third-order valence-corrected chi connectivity index (χ3v) is 5.98. The molecule has 0 bridgehead atoms. The molecule has 2 aromatic carbocycles. The molecule has 0 aliphatic carbocycles. The van der Waals surface area contributed by atoms with E-state index in [0.717, 1.165) is 22.0 Å². The topological polar surface area (TPSA) is 60.5 Å². The summed E-state index contributed by atoms with van der Waals surface area (Å²) in [5.74, 6) is 2.08. The van der Waals surface area contributed by atoms with E-state index < -0.39 is 0 Å². The lowest BCUT2D eigenvalue weighted by Gasteiger charge is -2.10. The van der Waals surface area contributed by atoms with Crippen molar-refractivity contribution in [3.63, 3.8) is 0 Å². The highest BCUT2D eigenvalue weighted by Crippen LogP contribution is 2.31. The number of aromatic nitrogens is 1. The fourth-order valence-electron chi connectivity index (χ4n) is 2.44. The van der Waals surface area contributed by atoms with Crippen LogP contribution in [-0.2, 0) is 4.79 Å². The Balaban J connectivity index is 1.45. The van der Waals surface area contributed by atoms with E-state index in [1.165, 1.54) is 4.70 Å². The van der Waals surface area contributed by atoms with E-state index in [-0.39, 0.29) is 5.91 Å². The Kier molecular flexibility index (Phi) is 6.35. The van der Waals surface area contributed by atoms with Crippen LogP contribution in [0.25, 0.3) is 10.2 Å². The molecule has 3 rings (SSSR count). The number of para-hydroxylation sites is 1. The minimum absolute atomic E-state index is 0.0119. The zero-order valence-corrected chi connectivity index (χ0v) is 16.3. The van der Waals surface area contributed by atoms with Crippen molar-refractivity contribution in [2.24, 2.45) is 0 Å². The van der Waals surface area contributed by atoms with Crippen LogP contribution >= 0.6 is 23.1 Å². The van der Waals surface area contributed by atoms with Crippen molar-refractivity contribution in [2.45, 2.75) is 17.2 Å². The first-order valence-corrected chi connectivity index (χ1v) is 10.00. The second kappa shape index (κ2) is 8.91. The molecule has 0 atom stereocenters. The molecule has 7 heteroatoms. The Morgan fingerprint density at radius 3 is 2.73 bits per heavy atom. The molecule has 0 spiro atoms. The van der Waals surface area contributed by atoms with Gasteiger partial charge in [0.15, 0.2) is 15.8 Å². The number of thiazole rings is 1. The molecule has 5 nitrogen and oxygen atoms in total. The van der Waals surface area contributed by atoms with Gasteiger partial charge in [-0.3, -0.25) is 4.79 Å². The van der Waals surface area contributed by atoms with Gasteiger partial charge in [0.1, 0.15) is 0 Å². The molecule has 0 fully saturated rings. The molecule has 0 radical (unpaired) electrons. The van der Waals surface area contributed by atoms with Crippen molar-refractivity contribution in [1.29, 1.82) is 0 Å². The normalized spacial score (nSPS) is 10.7. The average molecular weight is 389 g/mol. The summed E-state index contributed by atoms with van der Waals surface area (Å²) < 4.78 is 12.7. The zero-order chi connectivity index (χ0) is 18.4. The Labute approximate surface area is 160 Å². The number of amides is 1. The summed E-state index contributed by atoms with van der Waals surface area (Å²) in [5.41, 5.74) is 1.73. The number of nitrogens with zero attached hydrogens (tertiary/aromatic N) is 1. The van der Waals surface area contributed by atoms with E-state index in [1.807, 2.05) is 18.2 Å². The second-order valence-electron chi connectivity index (χ2n) is 5.52. The van der Waals surface area contributed by atoms with Gasteiger partial charge in [-0.1, -0.05) is 23.9 Å². The van der Waals surface area contributed by atoms with E-state index in [0.29, 0.717) is 23.6 Å². The maximum Gasteiger partial charge on any atom is 0.224 e. The molecule has 0 aliphatic heterocycles. The van der Waals surface area contributed by atoms with E-state index in [4.69, 9.17) is 9.47 Å². The molecule has 136 valence electrons. The van der Waals surface area contributed by atoms with Crippen molar-refractivity contribution in [3.8, 4) is 11.5 Å². The van der Waals surface area contributed by atoms with Crippen LogP contribution in [0.4, 0.5) is 5.69 Å². The summed E-state index contributed by atoms with van der Waals surface area (Å²) in [6.07, 6.45) is 1.26. The minimum atomic E-state index is -0.0119. The molecule has 0 saturated heterocycles. The summed E-state index contributed by atoms with van der Waals surface area (Å²) in [5, 5.41) is 2.89. The number of ether oxygens (including phenoxy) is 2. The highest BCUT2D eigenvalue weighted by Gasteiger charge is 2.08. The minimum Gasteiger partial charge on any atom is -0.493 e. The summed E-state index contributed by atoms with van der Waals surface area (Å²) in [4.78, 5) is 16.7. The predicted octanol–water partition coefficient (Wildman–Crippen LogP) is 4.82. The van der Waals surface area contributed by atoms with Gasteiger partial charge in [0.25, 0.3) is 0 Å². The van der Waals surface area contributed by atoms with Gasteiger partial charge in [0, 0.05) is 23.9 Å². The molecular formula is C19H20N2O3S2. The maximum absolute atomic E-state index is 12.1. The van der Waals surface area contributed by atoms with Crippen LogP contribution in [0.1, 0.15) is 12.8 Å². The molecule has 0 aliphatic rings. The molecular weight excluding hydrogens is 368 g/mol. The van der Waals surface area contributed by atoms with E-state index >= 15 is 0 Å². The molecule has 0 saturated carbocycles. The third kappa shape index (κ3) is 4.68. The Morgan fingerprint density at radius 1 is 1.15 bits per heavy atom. The van der Waals surface area contributed by atoms with Crippen LogP contribution < -0.4 is 14.8 Å². The van der Waals surface area contributed by atoms with Crippen LogP contribution in [-0.4, -0.2) is 30.9 Å². The molecule has 1 aromatic heterocycles. The van der Waals surface area contributed by atoms with Gasteiger partial charge in [-0.15, -0.1) is 11.3 Å². The fraction of sp³-hybridized carbons (Fsp3) is 0.263. The lowest BCUT2D eigenvalue weighted by atomic mass is 10.2. The highest BCUT2D eigenvalue weighted by atomic mass is 32.2. The Bertz CT molecular complexity index is 862. The van der Waals surface area contributed by atoms with E-state index in [9.17, 15) is 4.79 Å². The molecule has 3 aromatic rings. The van der Waals surface area contributed by atoms with Crippen molar-refractivity contribution < 1.29 is 14.3 Å². The molecule has 0 unspecified atom stereocenters. The number of methoxy groups -OCH3 is 2. The molecule has 1 heterocycles. The van der Waals surface area contributed by atoms with Crippen molar-refractivity contribution in [1.82, 2.24) is 4.98 Å². The first-order valence-electron chi connectivity index (χ1n) is 8.20. The van der Waals surface area contributed by atoms with Crippen LogP contribution in [0, 0.1) is 0 Å². The van der Waals surface area contributed by atoms with Crippen molar-refractivity contribution >= 4 is 44.9 Å². The van der Waals surface area contributed by atoms with E-state index in [1.54, 1.807) is 55.5 Å². The molecule has 26 heavy (non-hydrogen) atoms. The fourth-order valence-corrected chi connectivity index (χ4v) is 4.52. The zero-order valence-electron chi connectivity index (χ0n) is 14.7. The number of nitrogens with one attached hydrogen (secondary N) is 1. The summed E-state index contributed by atoms with van der Waals surface area (Å²) in [6.45, 7) is 0. The van der Waals surface area contributed by atoms with Crippen LogP contribution in [0.3, 0.4) is 0 Å². The Morgan fingerprint density at radius 2 is 1.96 bits per heavy atom. The highest BCUT2D eigenvalue weighted by molar-refractivity contribution is 8.01. The number of carbonyl (C=O) groups excluding carboxylic acids is 1. The summed E-state index contributed by atoms with van der Waals surface area (Å²) in [7, 11) is 3.15. The number of fused-ring (bicyclic) bond motifs is 1. The first kappa shape index (κ1) is 18.5. The SMILES string of the molecule is COc1ccc(NC(=O)CCCSc2nc3ccccc3s2)cc1OC. The van der Waals surface area contributed by atoms with Crippen LogP contribution in [0.5, 0.6) is 11.5 Å². The van der Waals surface area contributed by atoms with E-state index in [2.05, 4.69) is 16.4 Å². The molecule has 1 amide bonds. The van der Waals surface area contributed by atoms with Crippen molar-refractivity contribution in [2.75, 3.05) is 25.3 Å². The van der Waals surface area contributed by atoms with Crippen molar-refractivity contribution in [3.05, 3.63) is 42.5 Å². The first-order chi connectivity index (χ1) is 12.7. The Hall–Kier alpha value is -2.25. The third-order valence-electron chi connectivity index (χ3n) is 3.72. The van der Waals surface area contributed by atoms with Gasteiger partial charge in [-0.2, -0.15) is 0 Å². The van der Waals surface area contributed by atoms with Gasteiger partial charge in [-0.25, -0.2) is 4.98 Å². The number of benzene rings is 2. The number of hydrogen-bond acceptors (Lipinski definition) is 6. The summed E-state index contributed by atoms with van der Waals surface area (Å²) >= 11 is 3.39. The quantitative estimate of drug-likeness (QED) is 0.443. The number of anilines is 1. The summed E-state index contributed by atoms with van der Waals surface area (Å²) in [6, 6.07) is 13.4. The number of rotatable bonds is 8. The second-order valence-corrected chi connectivity index (χ2v) is 7.89. The van der Waals surface area contributed by atoms with Gasteiger partial charge in [0.05, 0.1) is 24.4 Å². The lowest BCUT2D eigenvalue weighted by Crippen LogP contribution is -2.11. The standard InChI is InChI=1S/C19H20N2O3S2/c1-23-15-10-9-13(12-16(15)24-2)20-18(22)8-5-11-25-19-21-14-6-3-4-7-17(14)26-19/h3-4,6-7,9-10,12H,5,8,11H2,1-2H3,(H,20,22). The van der Waals surface area contributed by atoms with Crippen LogP contribution in [0.2, 0.25) is 0 Å². The number of thioether (sulfide) groups is 1. The van der Waals surface area contributed by atoms with Gasteiger partial charge in [0.2, 0.25) is 5.91 Å². The van der Waals surface area contributed by atoms with Crippen LogP contribution in [0.15, 0.2) is 46.8 Å². The smallest absolute Gasteiger partial charge is 0.224 e. The lowest BCUT2D eigenvalue weighted by molar-refractivity contribution is -0.116. The van der Waals surface area contributed by atoms with Gasteiger partial charge >= 0.3 is 0 Å².